The predicted molar refractivity (Wildman–Crippen MR) is 140 cm³/mol. The molecule has 1 saturated heterocycles. The van der Waals surface area contributed by atoms with Crippen LogP contribution in [0.5, 0.6) is 23.0 Å². The number of rotatable bonds is 6. The summed E-state index contributed by atoms with van der Waals surface area (Å²) in [7, 11) is 0. The maximum Gasteiger partial charge on any atom is 0.131 e. The molecule has 2 atom stereocenters. The van der Waals surface area contributed by atoms with Crippen LogP contribution in [-0.2, 0) is 6.42 Å². The van der Waals surface area contributed by atoms with Crippen molar-refractivity contribution in [2.75, 3.05) is 26.2 Å². The Balaban J connectivity index is 0.00000141. The van der Waals surface area contributed by atoms with E-state index >= 15 is 0 Å². The molecule has 0 amide bonds. The Kier molecular flexibility index (Phi) is 8.54. The lowest BCUT2D eigenvalue weighted by Crippen LogP contribution is -2.33. The fourth-order valence-corrected chi connectivity index (χ4v) is 4.95. The second-order valence-electron chi connectivity index (χ2n) is 9.05. The number of ether oxygens (including phenoxy) is 2. The van der Waals surface area contributed by atoms with Gasteiger partial charge in [-0.2, -0.15) is 0 Å². The Bertz CT molecular complexity index is 1060. The molecule has 2 heterocycles. The fourth-order valence-electron chi connectivity index (χ4n) is 4.95. The highest BCUT2D eigenvalue weighted by Gasteiger charge is 2.32. The van der Waals surface area contributed by atoms with E-state index in [4.69, 9.17) is 9.47 Å². The number of fused-ring (bicyclic) bond motifs is 1. The molecule has 2 N–H and O–H groups in total. The lowest BCUT2D eigenvalue weighted by atomic mass is 9.82. The van der Waals surface area contributed by atoms with Crippen molar-refractivity contribution in [1.29, 1.82) is 0 Å². The molecule has 0 aliphatic carbocycles. The molecule has 0 spiro atoms. The molecule has 5 heteroatoms. The smallest absolute Gasteiger partial charge is 0.131 e. The van der Waals surface area contributed by atoms with Crippen molar-refractivity contribution in [1.82, 2.24) is 4.90 Å². The number of piperidine rings is 1. The first-order chi connectivity index (χ1) is 17.2. The highest BCUT2D eigenvalue weighted by molar-refractivity contribution is 5.45. The molecule has 2 aliphatic rings. The zero-order valence-corrected chi connectivity index (χ0v) is 20.8. The van der Waals surface area contributed by atoms with Gasteiger partial charge in [0.25, 0.3) is 0 Å². The molecule has 5 nitrogen and oxygen atoms in total. The Morgan fingerprint density at radius 2 is 1.49 bits per heavy atom. The second kappa shape index (κ2) is 12.0. The van der Waals surface area contributed by atoms with Crippen LogP contribution in [0.1, 0.15) is 61.8 Å². The van der Waals surface area contributed by atoms with Gasteiger partial charge in [0, 0.05) is 12.5 Å². The van der Waals surface area contributed by atoms with Crippen LogP contribution in [-0.4, -0.2) is 41.4 Å². The van der Waals surface area contributed by atoms with Gasteiger partial charge in [0.1, 0.15) is 35.7 Å². The van der Waals surface area contributed by atoms with Gasteiger partial charge < -0.3 is 19.7 Å². The molecular weight excluding hydrogens is 438 g/mol. The number of phenols is 2. The maximum absolute atomic E-state index is 9.94. The zero-order chi connectivity index (χ0) is 24.6. The van der Waals surface area contributed by atoms with E-state index in [9.17, 15) is 10.2 Å². The van der Waals surface area contributed by atoms with Crippen LogP contribution in [0.4, 0.5) is 0 Å². The van der Waals surface area contributed by atoms with Crippen LogP contribution in [0, 0.1) is 0 Å². The quantitative estimate of drug-likeness (QED) is 0.429. The van der Waals surface area contributed by atoms with Gasteiger partial charge in [0.2, 0.25) is 0 Å². The number of phenolic OH excluding ortho intramolecular Hbond substituents is 2. The van der Waals surface area contributed by atoms with Crippen LogP contribution in [0.25, 0.3) is 0 Å². The lowest BCUT2D eigenvalue weighted by molar-refractivity contribution is 0.151. The molecule has 1 fully saturated rings. The number of likely N-dealkylation sites (tertiary alicyclic amines) is 1. The van der Waals surface area contributed by atoms with E-state index in [1.165, 1.54) is 32.4 Å². The molecule has 35 heavy (non-hydrogen) atoms. The van der Waals surface area contributed by atoms with Crippen LogP contribution in [0.2, 0.25) is 0 Å². The summed E-state index contributed by atoms with van der Waals surface area (Å²) in [6.45, 7) is 8.03. The average Bonchev–Trinajstić information content (AvgIpc) is 2.91. The van der Waals surface area contributed by atoms with Gasteiger partial charge in [0.15, 0.2) is 0 Å². The SMILES string of the molecule is CC.Oc1ccc([C@@H]2Cc3cc(O)ccc3O[C@@H]2c2ccc(OCCN3CCCCC3)cc2)cc1. The van der Waals surface area contributed by atoms with Crippen LogP contribution < -0.4 is 9.47 Å². The third kappa shape index (κ3) is 6.29. The van der Waals surface area contributed by atoms with Gasteiger partial charge in [-0.15, -0.1) is 0 Å². The topological polar surface area (TPSA) is 62.2 Å². The van der Waals surface area contributed by atoms with E-state index in [-0.39, 0.29) is 23.5 Å². The molecule has 3 aromatic rings. The van der Waals surface area contributed by atoms with Crippen molar-refractivity contribution < 1.29 is 19.7 Å². The molecule has 186 valence electrons. The first kappa shape index (κ1) is 24.9. The van der Waals surface area contributed by atoms with Crippen LogP contribution in [0.15, 0.2) is 66.7 Å². The highest BCUT2D eigenvalue weighted by Crippen LogP contribution is 2.45. The number of hydrogen-bond donors (Lipinski definition) is 2. The maximum atomic E-state index is 9.94. The predicted octanol–water partition coefficient (Wildman–Crippen LogP) is 6.45. The molecule has 0 radical (unpaired) electrons. The van der Waals surface area contributed by atoms with Gasteiger partial charge in [-0.25, -0.2) is 0 Å². The monoisotopic (exact) mass is 475 g/mol. The van der Waals surface area contributed by atoms with Crippen LogP contribution >= 0.6 is 0 Å². The number of aromatic hydroxyl groups is 2. The van der Waals surface area contributed by atoms with E-state index in [0.717, 1.165) is 41.2 Å². The Hall–Kier alpha value is -3.18. The standard InChI is InChI=1S/C28H31NO4.C2H6/c30-23-8-4-20(5-9-23)26-19-22-18-24(31)10-13-27(22)33-28(26)21-6-11-25(12-7-21)32-17-16-29-14-2-1-3-15-29;1-2/h4-13,18,26,28,30-31H,1-3,14-17,19H2;1-2H3/t26-,28+;/m0./s1. The lowest BCUT2D eigenvalue weighted by Gasteiger charge is -2.34. The van der Waals surface area contributed by atoms with Crippen molar-refractivity contribution in [2.24, 2.45) is 0 Å². The summed E-state index contributed by atoms with van der Waals surface area (Å²) >= 11 is 0. The van der Waals surface area contributed by atoms with Crippen LogP contribution in [0.3, 0.4) is 0 Å². The van der Waals surface area contributed by atoms with Gasteiger partial charge in [-0.3, -0.25) is 4.90 Å². The van der Waals surface area contributed by atoms with Crippen molar-refractivity contribution in [2.45, 2.75) is 51.6 Å². The number of hydrogen-bond acceptors (Lipinski definition) is 5. The van der Waals surface area contributed by atoms with E-state index in [2.05, 4.69) is 17.0 Å². The van der Waals surface area contributed by atoms with E-state index < -0.39 is 0 Å². The molecule has 3 aromatic carbocycles. The highest BCUT2D eigenvalue weighted by atomic mass is 16.5. The Morgan fingerprint density at radius 3 is 2.20 bits per heavy atom. The zero-order valence-electron chi connectivity index (χ0n) is 20.8. The number of nitrogens with zero attached hydrogens (tertiary/aromatic N) is 1. The largest absolute Gasteiger partial charge is 0.508 e. The minimum absolute atomic E-state index is 0.0609. The van der Waals surface area contributed by atoms with Gasteiger partial charge in [-0.05, 0) is 91.5 Å². The third-order valence-corrected chi connectivity index (χ3v) is 6.76. The molecular formula is C30H37NO4. The molecule has 0 aromatic heterocycles. The Labute approximate surface area is 208 Å². The van der Waals surface area contributed by atoms with Gasteiger partial charge >= 0.3 is 0 Å². The van der Waals surface area contributed by atoms with E-state index in [0.29, 0.717) is 6.61 Å². The van der Waals surface area contributed by atoms with E-state index in [1.54, 1.807) is 24.3 Å². The summed E-state index contributed by atoms with van der Waals surface area (Å²) < 4.78 is 12.5. The molecule has 0 bridgehead atoms. The van der Waals surface area contributed by atoms with Crippen molar-refractivity contribution in [3.05, 3.63) is 83.4 Å². The molecule has 0 unspecified atom stereocenters. The first-order valence-electron chi connectivity index (χ1n) is 12.9. The average molecular weight is 476 g/mol. The van der Waals surface area contributed by atoms with Gasteiger partial charge in [-0.1, -0.05) is 44.5 Å². The summed E-state index contributed by atoms with van der Waals surface area (Å²) in [4.78, 5) is 2.48. The second-order valence-corrected chi connectivity index (χ2v) is 9.05. The normalized spacial score (nSPS) is 19.6. The van der Waals surface area contributed by atoms with Gasteiger partial charge in [0.05, 0.1) is 0 Å². The summed E-state index contributed by atoms with van der Waals surface area (Å²) in [5.74, 6) is 2.22. The Morgan fingerprint density at radius 1 is 0.829 bits per heavy atom. The summed E-state index contributed by atoms with van der Waals surface area (Å²) in [6, 6.07) is 20.8. The van der Waals surface area contributed by atoms with Crippen molar-refractivity contribution in [3.8, 4) is 23.0 Å². The minimum Gasteiger partial charge on any atom is -0.508 e. The third-order valence-electron chi connectivity index (χ3n) is 6.76. The first-order valence-corrected chi connectivity index (χ1v) is 12.9. The van der Waals surface area contributed by atoms with Crippen molar-refractivity contribution >= 4 is 0 Å². The van der Waals surface area contributed by atoms with Crippen molar-refractivity contribution in [3.63, 3.8) is 0 Å². The number of benzene rings is 3. The summed E-state index contributed by atoms with van der Waals surface area (Å²) in [6.07, 6.45) is 4.50. The molecule has 5 rings (SSSR count). The molecule has 2 aliphatic heterocycles. The summed E-state index contributed by atoms with van der Waals surface area (Å²) in [5.41, 5.74) is 3.16. The molecule has 0 saturated carbocycles. The fraction of sp³-hybridized carbons (Fsp3) is 0.400. The minimum atomic E-state index is -0.172. The summed E-state index contributed by atoms with van der Waals surface area (Å²) in [5, 5.41) is 19.7. The van der Waals surface area contributed by atoms with E-state index in [1.807, 2.05) is 44.2 Å².